The van der Waals surface area contributed by atoms with Crippen LogP contribution in [0.5, 0.6) is 5.75 Å². The van der Waals surface area contributed by atoms with Gasteiger partial charge in [-0.25, -0.2) is 0 Å². The van der Waals surface area contributed by atoms with Crippen LogP contribution in [-0.2, 0) is 11.0 Å². The van der Waals surface area contributed by atoms with Crippen LogP contribution in [0.3, 0.4) is 0 Å². The first kappa shape index (κ1) is 14.1. The highest BCUT2D eigenvalue weighted by molar-refractivity contribution is 8.45. The monoisotopic (exact) mass is 311 g/mol. The summed E-state index contributed by atoms with van der Waals surface area (Å²) < 4.78 is 51.6. The van der Waals surface area contributed by atoms with Crippen molar-refractivity contribution in [2.75, 3.05) is 5.32 Å². The molecule has 1 aliphatic heterocycles. The van der Waals surface area contributed by atoms with E-state index in [2.05, 4.69) is 0 Å². The first-order valence-electron chi connectivity index (χ1n) is 4.67. The zero-order valence-electron chi connectivity index (χ0n) is 8.87. The summed E-state index contributed by atoms with van der Waals surface area (Å²) in [5.74, 6) is -2.51. The van der Waals surface area contributed by atoms with Gasteiger partial charge >= 0.3 is 6.18 Å². The maximum absolute atomic E-state index is 12.8. The van der Waals surface area contributed by atoms with Crippen molar-refractivity contribution in [2.24, 2.45) is 0 Å². The highest BCUT2D eigenvalue weighted by atomic mass is 32.7. The molecule has 0 saturated heterocycles. The van der Waals surface area contributed by atoms with Gasteiger partial charge in [-0.2, -0.15) is 13.2 Å². The number of halogens is 3. The first-order chi connectivity index (χ1) is 8.84. The summed E-state index contributed by atoms with van der Waals surface area (Å²) in [6, 6.07) is 1.49. The lowest BCUT2D eigenvalue weighted by Crippen LogP contribution is -2.12. The lowest BCUT2D eigenvalue weighted by molar-refractivity contribution is -0.138. The number of fused-ring (bicyclic) bond motifs is 1. The Kier molecular flexibility index (Phi) is 3.71. The van der Waals surface area contributed by atoms with Crippen molar-refractivity contribution in [2.45, 2.75) is 6.18 Å². The molecule has 0 bridgehead atoms. The summed E-state index contributed by atoms with van der Waals surface area (Å²) in [7, 11) is -0.676. The van der Waals surface area contributed by atoms with Gasteiger partial charge in [0.25, 0.3) is 11.7 Å². The van der Waals surface area contributed by atoms with Crippen LogP contribution in [0.2, 0.25) is 0 Å². The fourth-order valence-corrected chi connectivity index (χ4v) is 2.22. The predicted molar refractivity (Wildman–Crippen MR) is 63.6 cm³/mol. The van der Waals surface area contributed by atoms with Crippen LogP contribution in [0, 0.1) is 0 Å². The molecular weight excluding hydrogens is 306 g/mol. The normalized spacial score (nSPS) is 14.9. The summed E-state index contributed by atoms with van der Waals surface area (Å²) in [5.41, 5.74) is -1.50. The Hall–Kier alpha value is -1.31. The second-order valence-electron chi connectivity index (χ2n) is 3.45. The largest absolute Gasteiger partial charge is 0.463 e. The van der Waals surface area contributed by atoms with E-state index >= 15 is 0 Å². The van der Waals surface area contributed by atoms with E-state index in [4.69, 9.17) is 9.08 Å². The first-order valence-corrected chi connectivity index (χ1v) is 7.08. The molecule has 2 rings (SSSR count). The fraction of sp³-hybridized carbons (Fsp3) is 0.111. The Morgan fingerprint density at radius 2 is 2.00 bits per heavy atom. The van der Waals surface area contributed by atoms with Crippen molar-refractivity contribution >= 4 is 37.0 Å². The number of benzene rings is 1. The molecule has 1 unspecified atom stereocenters. The van der Waals surface area contributed by atoms with Crippen LogP contribution in [0.4, 0.5) is 18.9 Å². The SMILES string of the molecule is O=C1Nc2cc(C(F)(F)F)c(OPSO)cc2C1=O. The number of Topliss-reactive ketones (excluding diaryl/α,β-unsaturated/α-hetero) is 1. The highest BCUT2D eigenvalue weighted by Gasteiger charge is 2.38. The summed E-state index contributed by atoms with van der Waals surface area (Å²) in [5, 5.41) is 2.05. The number of carbonyl (C=O) groups is 2. The van der Waals surface area contributed by atoms with E-state index in [1.807, 2.05) is 5.32 Å². The van der Waals surface area contributed by atoms with E-state index in [1.165, 1.54) is 0 Å². The summed E-state index contributed by atoms with van der Waals surface area (Å²) in [6.07, 6.45) is -4.70. The van der Waals surface area contributed by atoms with Crippen LogP contribution in [-0.4, -0.2) is 16.2 Å². The number of rotatable bonds is 3. The maximum atomic E-state index is 12.8. The van der Waals surface area contributed by atoms with Gasteiger partial charge in [0.2, 0.25) is 0 Å². The highest BCUT2D eigenvalue weighted by Crippen LogP contribution is 2.43. The maximum Gasteiger partial charge on any atom is 0.420 e. The number of carbonyl (C=O) groups excluding carboxylic acids is 2. The van der Waals surface area contributed by atoms with Gasteiger partial charge in [0.05, 0.1) is 28.5 Å². The number of ketones is 1. The number of alkyl halides is 3. The van der Waals surface area contributed by atoms with Crippen LogP contribution in [0.15, 0.2) is 12.1 Å². The quantitative estimate of drug-likeness (QED) is 0.510. The molecule has 0 aliphatic carbocycles. The summed E-state index contributed by atoms with van der Waals surface area (Å²) in [4.78, 5) is 22.5. The molecule has 19 heavy (non-hydrogen) atoms. The predicted octanol–water partition coefficient (Wildman–Crippen LogP) is 2.93. The number of amides is 1. The molecule has 1 heterocycles. The standard InChI is InChI=1S/C9H5F3NO4PS/c10-9(11,12)4-2-5-3(7(14)8(15)13-5)1-6(4)17-18-19-16/h1-2,16,18H,(H,13,14,15). The van der Waals surface area contributed by atoms with Gasteiger partial charge in [0.15, 0.2) is 8.01 Å². The molecule has 1 amide bonds. The molecule has 1 atom stereocenters. The summed E-state index contributed by atoms with van der Waals surface area (Å²) >= 11 is 0.221. The van der Waals surface area contributed by atoms with Gasteiger partial charge in [-0.15, -0.1) is 0 Å². The van der Waals surface area contributed by atoms with Gasteiger partial charge in [0, 0.05) is 0 Å². The van der Waals surface area contributed by atoms with Crippen LogP contribution in [0.1, 0.15) is 15.9 Å². The average Bonchev–Trinajstić information content (AvgIpc) is 2.60. The molecule has 1 aromatic rings. The molecule has 1 aliphatic rings. The van der Waals surface area contributed by atoms with E-state index in [0.717, 1.165) is 6.07 Å². The van der Waals surface area contributed by atoms with Gasteiger partial charge < -0.3 is 14.4 Å². The smallest absolute Gasteiger partial charge is 0.420 e. The van der Waals surface area contributed by atoms with Crippen molar-refractivity contribution in [1.29, 1.82) is 0 Å². The molecule has 102 valence electrons. The van der Waals surface area contributed by atoms with Crippen molar-refractivity contribution in [3.8, 4) is 5.75 Å². The Morgan fingerprint density at radius 1 is 1.32 bits per heavy atom. The molecule has 0 spiro atoms. The van der Waals surface area contributed by atoms with E-state index < -0.39 is 37.2 Å². The molecule has 0 fully saturated rings. The molecule has 10 heteroatoms. The zero-order valence-corrected chi connectivity index (χ0v) is 10.7. The third-order valence-electron chi connectivity index (χ3n) is 2.31. The molecule has 2 N–H and O–H groups in total. The minimum Gasteiger partial charge on any atom is -0.463 e. The van der Waals surface area contributed by atoms with Crippen molar-refractivity contribution in [3.05, 3.63) is 23.3 Å². The molecule has 0 radical (unpaired) electrons. The average molecular weight is 311 g/mol. The minimum absolute atomic E-state index is 0.180. The van der Waals surface area contributed by atoms with Crippen LogP contribution in [0.25, 0.3) is 0 Å². The Labute approximate surface area is 110 Å². The number of hydrogen-bond acceptors (Lipinski definition) is 5. The van der Waals surface area contributed by atoms with Crippen LogP contribution >= 0.6 is 19.7 Å². The topological polar surface area (TPSA) is 75.6 Å². The fourth-order valence-electron chi connectivity index (χ4n) is 1.54. The third kappa shape index (κ3) is 2.68. The third-order valence-corrected chi connectivity index (χ3v) is 3.16. The molecule has 0 aromatic heterocycles. The number of hydrogen-bond donors (Lipinski definition) is 2. The molecular formula is C9H5F3NO4PS. The van der Waals surface area contributed by atoms with Crippen molar-refractivity contribution in [3.63, 3.8) is 0 Å². The Balaban J connectivity index is 2.52. The summed E-state index contributed by atoms with van der Waals surface area (Å²) in [6.45, 7) is 0. The molecule has 5 nitrogen and oxygen atoms in total. The van der Waals surface area contributed by atoms with Crippen molar-refractivity contribution in [1.82, 2.24) is 0 Å². The van der Waals surface area contributed by atoms with E-state index in [9.17, 15) is 22.8 Å². The second-order valence-corrected chi connectivity index (χ2v) is 5.05. The second kappa shape index (κ2) is 4.99. The lowest BCUT2D eigenvalue weighted by Gasteiger charge is -2.14. The lowest BCUT2D eigenvalue weighted by atomic mass is 10.1. The van der Waals surface area contributed by atoms with Gasteiger partial charge in [-0.3, -0.25) is 9.59 Å². The van der Waals surface area contributed by atoms with Gasteiger partial charge in [-0.1, -0.05) is 0 Å². The van der Waals surface area contributed by atoms with E-state index in [1.54, 1.807) is 0 Å². The minimum atomic E-state index is -4.70. The Bertz CT molecular complexity index is 563. The molecule has 1 aromatic carbocycles. The van der Waals surface area contributed by atoms with Gasteiger partial charge in [0.1, 0.15) is 5.75 Å². The number of anilines is 1. The molecule has 0 saturated carbocycles. The van der Waals surface area contributed by atoms with Crippen molar-refractivity contribution < 1.29 is 31.8 Å². The van der Waals surface area contributed by atoms with Crippen LogP contribution < -0.4 is 9.84 Å². The van der Waals surface area contributed by atoms with E-state index in [-0.39, 0.29) is 22.9 Å². The Morgan fingerprint density at radius 3 is 2.58 bits per heavy atom. The zero-order chi connectivity index (χ0) is 14.2. The van der Waals surface area contributed by atoms with E-state index in [0.29, 0.717) is 6.07 Å². The van der Waals surface area contributed by atoms with Gasteiger partial charge in [-0.05, 0) is 12.1 Å². The number of nitrogens with one attached hydrogen (secondary N) is 1.